The Morgan fingerprint density at radius 2 is 2.03 bits per heavy atom. The first-order valence-electron chi connectivity index (χ1n) is 9.15. The highest BCUT2D eigenvalue weighted by molar-refractivity contribution is 7.10. The van der Waals surface area contributed by atoms with Crippen molar-refractivity contribution in [3.8, 4) is 11.5 Å². The largest absolute Gasteiger partial charge is 0.495 e. The predicted molar refractivity (Wildman–Crippen MR) is 119 cm³/mol. The summed E-state index contributed by atoms with van der Waals surface area (Å²) >= 11 is 9.68. The van der Waals surface area contributed by atoms with Gasteiger partial charge in [-0.25, -0.2) is 0 Å². The number of anilines is 1. The van der Waals surface area contributed by atoms with Crippen molar-refractivity contribution in [3.05, 3.63) is 61.4 Å². The highest BCUT2D eigenvalue weighted by Gasteiger charge is 2.31. The van der Waals surface area contributed by atoms with Crippen LogP contribution in [0.25, 0.3) is 0 Å². The van der Waals surface area contributed by atoms with Crippen LogP contribution in [-0.4, -0.2) is 38.1 Å². The van der Waals surface area contributed by atoms with Gasteiger partial charge in [-0.15, -0.1) is 22.7 Å². The van der Waals surface area contributed by atoms with Gasteiger partial charge in [-0.05, 0) is 34.9 Å². The fraction of sp³-hybridized carbons (Fsp3) is 0.286. The lowest BCUT2D eigenvalue weighted by Gasteiger charge is -2.34. The summed E-state index contributed by atoms with van der Waals surface area (Å²) in [4.78, 5) is 17.8. The van der Waals surface area contributed by atoms with Crippen molar-refractivity contribution in [1.82, 2.24) is 4.90 Å². The summed E-state index contributed by atoms with van der Waals surface area (Å²) in [7, 11) is 3.08. The smallest absolute Gasteiger partial charge is 0.238 e. The third kappa shape index (κ3) is 4.14. The minimum absolute atomic E-state index is 0.104. The Balaban J connectivity index is 1.55. The number of halogens is 1. The molecule has 1 amide bonds. The molecule has 3 aromatic rings. The van der Waals surface area contributed by atoms with E-state index in [9.17, 15) is 4.79 Å². The quantitative estimate of drug-likeness (QED) is 0.572. The van der Waals surface area contributed by atoms with Crippen molar-refractivity contribution in [1.29, 1.82) is 0 Å². The topological polar surface area (TPSA) is 50.8 Å². The van der Waals surface area contributed by atoms with Gasteiger partial charge in [-0.2, -0.15) is 0 Å². The van der Waals surface area contributed by atoms with E-state index in [1.165, 1.54) is 22.4 Å². The van der Waals surface area contributed by atoms with E-state index < -0.39 is 0 Å². The Bertz CT molecular complexity index is 1000. The number of hydrogen-bond acceptors (Lipinski definition) is 6. The zero-order valence-electron chi connectivity index (χ0n) is 16.1. The normalized spacial score (nSPS) is 16.3. The summed E-state index contributed by atoms with van der Waals surface area (Å²) in [5, 5.41) is 7.61. The lowest BCUT2D eigenvalue weighted by molar-refractivity contribution is -0.117. The van der Waals surface area contributed by atoms with Gasteiger partial charge in [-0.1, -0.05) is 17.7 Å². The van der Waals surface area contributed by atoms with Crippen LogP contribution in [0.2, 0.25) is 5.02 Å². The number of nitrogens with zero attached hydrogens (tertiary/aromatic N) is 1. The van der Waals surface area contributed by atoms with Crippen LogP contribution in [0.1, 0.15) is 21.4 Å². The molecule has 152 valence electrons. The van der Waals surface area contributed by atoms with Gasteiger partial charge < -0.3 is 14.8 Å². The third-order valence-corrected chi connectivity index (χ3v) is 7.19. The highest BCUT2D eigenvalue weighted by Crippen LogP contribution is 2.40. The SMILES string of the molecule is COc1cc(NC(=O)CN2CCc3sccc3[C@@H]2c2cccs2)c(OC)cc1Cl. The molecular weight excluding hydrogens is 428 g/mol. The predicted octanol–water partition coefficient (Wildman–Crippen LogP) is 5.07. The Labute approximate surface area is 182 Å². The maximum absolute atomic E-state index is 12.9. The Morgan fingerprint density at radius 3 is 2.76 bits per heavy atom. The minimum Gasteiger partial charge on any atom is -0.495 e. The first-order valence-corrected chi connectivity index (χ1v) is 11.3. The van der Waals surface area contributed by atoms with Gasteiger partial charge in [0.25, 0.3) is 0 Å². The fourth-order valence-electron chi connectivity index (χ4n) is 3.65. The number of carbonyl (C=O) groups excluding carboxylic acids is 1. The number of amides is 1. The number of fused-ring (bicyclic) bond motifs is 1. The fourth-order valence-corrected chi connectivity index (χ4v) is 5.66. The number of carbonyl (C=O) groups is 1. The molecule has 8 heteroatoms. The molecule has 0 aliphatic carbocycles. The van der Waals surface area contributed by atoms with E-state index in [1.807, 2.05) is 0 Å². The van der Waals surface area contributed by atoms with Crippen molar-refractivity contribution in [3.63, 3.8) is 0 Å². The van der Waals surface area contributed by atoms with E-state index in [2.05, 4.69) is 39.2 Å². The number of rotatable bonds is 6. The molecule has 0 saturated heterocycles. The van der Waals surface area contributed by atoms with E-state index in [1.54, 1.807) is 41.9 Å². The number of thiophene rings is 2. The van der Waals surface area contributed by atoms with Gasteiger partial charge >= 0.3 is 0 Å². The molecule has 0 radical (unpaired) electrons. The molecule has 1 aliphatic heterocycles. The second kappa shape index (κ2) is 8.75. The van der Waals surface area contributed by atoms with Crippen molar-refractivity contribution in [2.45, 2.75) is 12.5 Å². The zero-order valence-corrected chi connectivity index (χ0v) is 18.5. The maximum atomic E-state index is 12.9. The summed E-state index contributed by atoms with van der Waals surface area (Å²) in [6, 6.07) is 9.81. The minimum atomic E-state index is -0.104. The molecule has 1 N–H and O–H groups in total. The van der Waals surface area contributed by atoms with Crippen LogP contribution in [0.5, 0.6) is 11.5 Å². The molecule has 0 fully saturated rings. The lowest BCUT2D eigenvalue weighted by Crippen LogP contribution is -2.40. The third-order valence-electron chi connectivity index (χ3n) is 4.97. The van der Waals surface area contributed by atoms with E-state index in [4.69, 9.17) is 21.1 Å². The summed E-state index contributed by atoms with van der Waals surface area (Å²) in [5.41, 5.74) is 1.85. The maximum Gasteiger partial charge on any atom is 0.238 e. The molecule has 0 unspecified atom stereocenters. The first-order chi connectivity index (χ1) is 14.1. The summed E-state index contributed by atoms with van der Waals surface area (Å²) in [6.07, 6.45) is 0.959. The molecule has 0 spiro atoms. The van der Waals surface area contributed by atoms with Crippen LogP contribution in [0.15, 0.2) is 41.1 Å². The van der Waals surface area contributed by atoms with Gasteiger partial charge in [0.2, 0.25) is 5.91 Å². The summed E-state index contributed by atoms with van der Waals surface area (Å²) in [5.74, 6) is 0.880. The highest BCUT2D eigenvalue weighted by atomic mass is 35.5. The molecular formula is C21H21ClN2O3S2. The van der Waals surface area contributed by atoms with Gasteiger partial charge in [0, 0.05) is 28.4 Å². The lowest BCUT2D eigenvalue weighted by atomic mass is 9.98. The van der Waals surface area contributed by atoms with Crippen LogP contribution in [0, 0.1) is 0 Å². The van der Waals surface area contributed by atoms with Gasteiger partial charge in [-0.3, -0.25) is 9.69 Å². The van der Waals surface area contributed by atoms with E-state index in [0.717, 1.165) is 13.0 Å². The number of methoxy groups -OCH3 is 2. The van der Waals surface area contributed by atoms with Gasteiger partial charge in [0.05, 0.1) is 37.5 Å². The molecule has 0 saturated carbocycles. The monoisotopic (exact) mass is 448 g/mol. The van der Waals surface area contributed by atoms with Crippen molar-refractivity contribution in [2.24, 2.45) is 0 Å². The number of nitrogens with one attached hydrogen (secondary N) is 1. The molecule has 5 nitrogen and oxygen atoms in total. The average Bonchev–Trinajstić information content (AvgIpc) is 3.40. The first kappa shape index (κ1) is 20.2. The van der Waals surface area contributed by atoms with E-state index in [-0.39, 0.29) is 18.5 Å². The second-order valence-corrected chi connectivity index (χ2v) is 9.06. The molecule has 2 aromatic heterocycles. The van der Waals surface area contributed by atoms with Gasteiger partial charge in [0.15, 0.2) is 0 Å². The zero-order chi connectivity index (χ0) is 20.4. The molecule has 3 heterocycles. The number of benzene rings is 1. The van der Waals surface area contributed by atoms with Crippen molar-refractivity contribution < 1.29 is 14.3 Å². The van der Waals surface area contributed by atoms with Crippen LogP contribution in [0.3, 0.4) is 0 Å². The molecule has 0 bridgehead atoms. The van der Waals surface area contributed by atoms with E-state index >= 15 is 0 Å². The number of ether oxygens (including phenoxy) is 2. The molecule has 1 atom stereocenters. The average molecular weight is 449 g/mol. The molecule has 4 rings (SSSR count). The van der Waals surface area contributed by atoms with Crippen LogP contribution >= 0.6 is 34.3 Å². The summed E-state index contributed by atoms with van der Waals surface area (Å²) in [6.45, 7) is 1.12. The van der Waals surface area contributed by atoms with Crippen LogP contribution in [0.4, 0.5) is 5.69 Å². The Kier molecular flexibility index (Phi) is 6.10. The van der Waals surface area contributed by atoms with Crippen molar-refractivity contribution >= 4 is 45.9 Å². The molecule has 29 heavy (non-hydrogen) atoms. The second-order valence-electron chi connectivity index (χ2n) is 6.67. The van der Waals surface area contributed by atoms with Gasteiger partial charge in [0.1, 0.15) is 11.5 Å². The Hall–Kier alpha value is -2.06. The Morgan fingerprint density at radius 1 is 1.21 bits per heavy atom. The molecule has 1 aliphatic rings. The van der Waals surface area contributed by atoms with Crippen LogP contribution in [-0.2, 0) is 11.2 Å². The van der Waals surface area contributed by atoms with E-state index in [0.29, 0.717) is 22.2 Å². The number of hydrogen-bond donors (Lipinski definition) is 1. The van der Waals surface area contributed by atoms with Crippen molar-refractivity contribution in [2.75, 3.05) is 32.6 Å². The molecule has 1 aromatic carbocycles. The summed E-state index contributed by atoms with van der Waals surface area (Å²) < 4.78 is 10.6. The standard InChI is InChI=1S/C21H21ClN2O3S2/c1-26-16-11-15(17(27-2)10-14(16)22)23-20(25)12-24-7-5-18-13(6-9-29-18)21(24)19-4-3-8-28-19/h3-4,6,8-11,21H,5,7,12H2,1-2H3,(H,23,25)/t21-/m1/s1. The van der Waals surface area contributed by atoms with Crippen LogP contribution < -0.4 is 14.8 Å².